The Morgan fingerprint density at radius 3 is 2.79 bits per heavy atom. The third-order valence-corrected chi connectivity index (χ3v) is 4.34. The molecule has 2 amide bonds. The molecular weight excluding hydrogens is 266 g/mol. The van der Waals surface area contributed by atoms with E-state index in [1.54, 1.807) is 6.07 Å². The number of carbonyl (C=O) groups is 2. The van der Waals surface area contributed by atoms with Gasteiger partial charge in [-0.1, -0.05) is 29.8 Å². The van der Waals surface area contributed by atoms with Gasteiger partial charge in [0.1, 0.15) is 0 Å². The highest BCUT2D eigenvalue weighted by molar-refractivity contribution is 6.31. The molecule has 2 heterocycles. The number of hydrogen-bond donors (Lipinski definition) is 1. The minimum atomic E-state index is -0.440. The fourth-order valence-corrected chi connectivity index (χ4v) is 3.37. The third kappa shape index (κ3) is 2.05. The molecule has 2 saturated heterocycles. The Bertz CT molecular complexity index is 537. The van der Waals surface area contributed by atoms with Crippen molar-refractivity contribution in [2.75, 3.05) is 13.2 Å². The van der Waals surface area contributed by atoms with Crippen molar-refractivity contribution >= 4 is 23.4 Å². The first-order valence-electron chi connectivity index (χ1n) is 6.28. The number of nitrogens with one attached hydrogen (secondary N) is 1. The molecule has 1 aromatic rings. The van der Waals surface area contributed by atoms with E-state index in [2.05, 4.69) is 5.32 Å². The van der Waals surface area contributed by atoms with Gasteiger partial charge in [-0.05, 0) is 18.1 Å². The van der Waals surface area contributed by atoms with Crippen molar-refractivity contribution in [2.45, 2.75) is 18.8 Å². The number of piperidine rings is 1. The Kier molecular flexibility index (Phi) is 3.07. The average molecular weight is 280 g/mol. The Balaban J connectivity index is 2.08. The summed E-state index contributed by atoms with van der Waals surface area (Å²) in [5.74, 6) is -0.907. The maximum absolute atomic E-state index is 12.3. The van der Waals surface area contributed by atoms with Gasteiger partial charge in [0, 0.05) is 23.5 Å². The van der Waals surface area contributed by atoms with Crippen LogP contribution in [0.4, 0.5) is 0 Å². The first kappa shape index (κ1) is 12.6. The van der Waals surface area contributed by atoms with E-state index in [9.17, 15) is 9.59 Å². The normalized spacial score (nSPS) is 30.7. The molecule has 0 bridgehead atoms. The van der Waals surface area contributed by atoms with Crippen LogP contribution in [0.5, 0.6) is 0 Å². The zero-order chi connectivity index (χ0) is 13.5. The fourth-order valence-electron chi connectivity index (χ4n) is 3.12. The second-order valence-corrected chi connectivity index (χ2v) is 5.62. The van der Waals surface area contributed by atoms with E-state index in [0.717, 1.165) is 5.56 Å². The first-order chi connectivity index (χ1) is 9.12. The smallest absolute Gasteiger partial charge is 0.234 e. The van der Waals surface area contributed by atoms with E-state index >= 15 is 0 Å². The zero-order valence-corrected chi connectivity index (χ0v) is 11.1. The average Bonchev–Trinajstić information content (AvgIpc) is 2.79. The lowest BCUT2D eigenvalue weighted by Crippen LogP contribution is -2.51. The summed E-state index contributed by atoms with van der Waals surface area (Å²) in [5, 5.41) is 2.97. The number of imide groups is 1. The highest BCUT2D eigenvalue weighted by Gasteiger charge is 2.51. The van der Waals surface area contributed by atoms with Gasteiger partial charge in [-0.25, -0.2) is 0 Å². The predicted molar refractivity (Wildman–Crippen MR) is 69.8 cm³/mol. The lowest BCUT2D eigenvalue weighted by molar-refractivity contribution is -0.140. The summed E-state index contributed by atoms with van der Waals surface area (Å²) in [4.78, 5) is 23.9. The molecule has 100 valence electrons. The number of hydrogen-bond acceptors (Lipinski definition) is 3. The molecule has 4 nitrogen and oxygen atoms in total. The number of rotatable bonds is 1. The van der Waals surface area contributed by atoms with Crippen LogP contribution in [-0.2, 0) is 14.3 Å². The van der Waals surface area contributed by atoms with E-state index in [4.69, 9.17) is 16.3 Å². The molecular formula is C14H14ClNO3. The molecule has 0 aromatic heterocycles. The maximum atomic E-state index is 12.3. The number of benzene rings is 1. The molecule has 0 saturated carbocycles. The molecule has 2 unspecified atom stereocenters. The van der Waals surface area contributed by atoms with Gasteiger partial charge in [-0.3, -0.25) is 14.9 Å². The topological polar surface area (TPSA) is 55.4 Å². The van der Waals surface area contributed by atoms with Gasteiger partial charge in [0.2, 0.25) is 11.8 Å². The van der Waals surface area contributed by atoms with Gasteiger partial charge >= 0.3 is 0 Å². The molecule has 2 aliphatic rings. The van der Waals surface area contributed by atoms with Crippen molar-refractivity contribution in [1.82, 2.24) is 5.32 Å². The second-order valence-electron chi connectivity index (χ2n) is 5.21. The predicted octanol–water partition coefficient (Wildman–Crippen LogP) is 1.88. The van der Waals surface area contributed by atoms with Gasteiger partial charge in [-0.15, -0.1) is 0 Å². The van der Waals surface area contributed by atoms with Gasteiger partial charge in [0.05, 0.1) is 12.5 Å². The Hall–Kier alpha value is -1.39. The number of carbonyl (C=O) groups excluding carboxylic acids is 2. The molecule has 1 aromatic carbocycles. The van der Waals surface area contributed by atoms with Crippen molar-refractivity contribution in [3.8, 4) is 0 Å². The summed E-state index contributed by atoms with van der Waals surface area (Å²) in [6, 6.07) is 7.30. The summed E-state index contributed by atoms with van der Waals surface area (Å²) in [6.45, 7) is 1.02. The van der Waals surface area contributed by atoms with Crippen LogP contribution in [0.25, 0.3) is 0 Å². The van der Waals surface area contributed by atoms with Crippen LogP contribution in [0, 0.1) is 5.41 Å². The third-order valence-electron chi connectivity index (χ3n) is 4.00. The van der Waals surface area contributed by atoms with Gasteiger partial charge in [0.25, 0.3) is 0 Å². The molecule has 2 atom stereocenters. The summed E-state index contributed by atoms with van der Waals surface area (Å²) in [7, 11) is 0. The van der Waals surface area contributed by atoms with Crippen LogP contribution in [0.15, 0.2) is 24.3 Å². The van der Waals surface area contributed by atoms with Crippen molar-refractivity contribution in [3.63, 3.8) is 0 Å². The Morgan fingerprint density at radius 2 is 2.11 bits per heavy atom. The summed E-state index contributed by atoms with van der Waals surface area (Å²) in [5.41, 5.74) is 0.337. The van der Waals surface area contributed by atoms with E-state index in [1.165, 1.54) is 0 Å². The quantitative estimate of drug-likeness (QED) is 0.799. The minimum absolute atomic E-state index is 0.223. The van der Waals surface area contributed by atoms with Crippen LogP contribution in [-0.4, -0.2) is 25.0 Å². The molecule has 2 aliphatic heterocycles. The molecule has 3 rings (SSSR count). The van der Waals surface area contributed by atoms with Crippen LogP contribution >= 0.6 is 11.6 Å². The van der Waals surface area contributed by atoms with E-state index in [-0.39, 0.29) is 11.8 Å². The zero-order valence-electron chi connectivity index (χ0n) is 10.3. The largest absolute Gasteiger partial charge is 0.381 e. The Labute approximate surface area is 116 Å². The van der Waals surface area contributed by atoms with Crippen LogP contribution in [0.1, 0.15) is 24.3 Å². The number of ether oxygens (including phenoxy) is 1. The lowest BCUT2D eigenvalue weighted by Gasteiger charge is -2.38. The van der Waals surface area contributed by atoms with Gasteiger partial charge < -0.3 is 4.74 Å². The van der Waals surface area contributed by atoms with E-state index in [0.29, 0.717) is 31.1 Å². The molecule has 1 spiro atoms. The van der Waals surface area contributed by atoms with Crippen molar-refractivity contribution < 1.29 is 14.3 Å². The van der Waals surface area contributed by atoms with E-state index < -0.39 is 11.3 Å². The van der Waals surface area contributed by atoms with E-state index in [1.807, 2.05) is 18.2 Å². The summed E-state index contributed by atoms with van der Waals surface area (Å²) in [6.07, 6.45) is 1.02. The highest BCUT2D eigenvalue weighted by atomic mass is 35.5. The molecule has 1 N–H and O–H groups in total. The van der Waals surface area contributed by atoms with Crippen LogP contribution < -0.4 is 5.32 Å². The number of amides is 2. The molecule has 0 radical (unpaired) electrons. The standard InChI is InChI=1S/C14H14ClNO3/c15-10-4-2-1-3-9(10)12-13(18)16-11(17)7-14(12)5-6-19-8-14/h1-4,12H,5-8H2,(H,16,17,18). The highest BCUT2D eigenvalue weighted by Crippen LogP contribution is 2.48. The van der Waals surface area contributed by atoms with Gasteiger partial charge in [-0.2, -0.15) is 0 Å². The fraction of sp³-hybridized carbons (Fsp3) is 0.429. The molecule has 0 aliphatic carbocycles. The molecule has 5 heteroatoms. The summed E-state index contributed by atoms with van der Waals surface area (Å²) < 4.78 is 5.45. The molecule has 2 fully saturated rings. The van der Waals surface area contributed by atoms with Crippen LogP contribution in [0.3, 0.4) is 0 Å². The van der Waals surface area contributed by atoms with Crippen LogP contribution in [0.2, 0.25) is 5.02 Å². The number of halogens is 1. The second kappa shape index (κ2) is 4.62. The van der Waals surface area contributed by atoms with Crippen molar-refractivity contribution in [1.29, 1.82) is 0 Å². The Morgan fingerprint density at radius 1 is 1.32 bits per heavy atom. The monoisotopic (exact) mass is 279 g/mol. The molecule has 19 heavy (non-hydrogen) atoms. The first-order valence-corrected chi connectivity index (χ1v) is 6.66. The van der Waals surface area contributed by atoms with Gasteiger partial charge in [0.15, 0.2) is 0 Å². The lowest BCUT2D eigenvalue weighted by atomic mass is 9.67. The van der Waals surface area contributed by atoms with Crippen molar-refractivity contribution in [2.24, 2.45) is 5.41 Å². The minimum Gasteiger partial charge on any atom is -0.381 e. The summed E-state index contributed by atoms with van der Waals surface area (Å²) >= 11 is 6.22. The SMILES string of the molecule is O=C1CC2(CCOC2)C(c2ccccc2Cl)C(=O)N1. The van der Waals surface area contributed by atoms with Crippen molar-refractivity contribution in [3.05, 3.63) is 34.9 Å². The maximum Gasteiger partial charge on any atom is 0.234 e.